The number of halogens is 2. The van der Waals surface area contributed by atoms with Crippen LogP contribution in [0.2, 0.25) is 10.0 Å². The summed E-state index contributed by atoms with van der Waals surface area (Å²) in [6.07, 6.45) is 0.907. The molecule has 0 bridgehead atoms. The van der Waals surface area contributed by atoms with Crippen molar-refractivity contribution < 1.29 is 22.9 Å². The van der Waals surface area contributed by atoms with Crippen LogP contribution in [0.3, 0.4) is 0 Å². The minimum absolute atomic E-state index is 0.0411. The molecule has 0 spiro atoms. The number of carbonyl (C=O) groups excluding carboxylic acids is 2. The molecule has 0 fully saturated rings. The number of benzene rings is 3. The van der Waals surface area contributed by atoms with Gasteiger partial charge in [0.05, 0.1) is 15.5 Å². The van der Waals surface area contributed by atoms with Gasteiger partial charge < -0.3 is 10.2 Å². The van der Waals surface area contributed by atoms with Crippen LogP contribution in [-0.4, -0.2) is 48.7 Å². The molecular formula is C29H32Cl2N4O6S. The zero-order valence-corrected chi connectivity index (χ0v) is 25.7. The summed E-state index contributed by atoms with van der Waals surface area (Å²) in [7, 11) is -4.31. The van der Waals surface area contributed by atoms with E-state index in [9.17, 15) is 28.1 Å². The van der Waals surface area contributed by atoms with Crippen molar-refractivity contribution in [1.29, 1.82) is 0 Å². The Morgan fingerprint density at radius 3 is 2.17 bits per heavy atom. The molecule has 0 saturated carbocycles. The minimum Gasteiger partial charge on any atom is -0.352 e. The maximum absolute atomic E-state index is 14.1. The molecule has 3 aromatic rings. The molecule has 1 N–H and O–H groups in total. The van der Waals surface area contributed by atoms with E-state index < -0.39 is 39.3 Å². The van der Waals surface area contributed by atoms with Gasteiger partial charge in [0.25, 0.3) is 15.7 Å². The molecule has 3 aromatic carbocycles. The molecule has 224 valence electrons. The first kappa shape index (κ1) is 32.8. The van der Waals surface area contributed by atoms with Crippen molar-refractivity contribution in [3.63, 3.8) is 0 Å². The van der Waals surface area contributed by atoms with Gasteiger partial charge in [0, 0.05) is 34.8 Å². The van der Waals surface area contributed by atoms with Gasteiger partial charge in [-0.2, -0.15) is 0 Å². The lowest BCUT2D eigenvalue weighted by atomic mass is 10.1. The Morgan fingerprint density at radius 2 is 1.62 bits per heavy atom. The van der Waals surface area contributed by atoms with Crippen LogP contribution < -0.4 is 9.62 Å². The standard InChI is InChI=1S/C29H32Cl2N4O6S/c1-4-20(3)32-29(37)27(5-2)33(18-21-11-12-22(30)17-26(21)31)28(36)19-34(23-13-15-24(16-14-23)35(38)39)42(40,41)25-9-7-6-8-10-25/h6-17,20,27H,4-5,18-19H2,1-3H3,(H,32,37)/t20-,27+/m1/s1. The highest BCUT2D eigenvalue weighted by Gasteiger charge is 2.34. The summed E-state index contributed by atoms with van der Waals surface area (Å²) >= 11 is 12.5. The first-order valence-corrected chi connectivity index (χ1v) is 15.4. The lowest BCUT2D eigenvalue weighted by Gasteiger charge is -2.34. The molecule has 0 aromatic heterocycles. The average Bonchev–Trinajstić information content (AvgIpc) is 2.97. The molecule has 0 aliphatic rings. The number of nitrogens with one attached hydrogen (secondary N) is 1. The number of carbonyl (C=O) groups is 2. The predicted octanol–water partition coefficient (Wildman–Crippen LogP) is 5.82. The highest BCUT2D eigenvalue weighted by molar-refractivity contribution is 7.92. The molecular weight excluding hydrogens is 603 g/mol. The molecule has 0 aliphatic heterocycles. The van der Waals surface area contributed by atoms with Gasteiger partial charge in [0.2, 0.25) is 11.8 Å². The number of amides is 2. The van der Waals surface area contributed by atoms with E-state index in [1.807, 2.05) is 13.8 Å². The van der Waals surface area contributed by atoms with Gasteiger partial charge in [-0.3, -0.25) is 24.0 Å². The van der Waals surface area contributed by atoms with Gasteiger partial charge in [0.15, 0.2) is 0 Å². The molecule has 0 radical (unpaired) electrons. The lowest BCUT2D eigenvalue weighted by Crippen LogP contribution is -2.53. The van der Waals surface area contributed by atoms with Crippen molar-refractivity contribution in [2.75, 3.05) is 10.8 Å². The average molecular weight is 636 g/mol. The number of rotatable bonds is 13. The van der Waals surface area contributed by atoms with Crippen molar-refractivity contribution in [2.24, 2.45) is 0 Å². The third-order valence-electron chi connectivity index (χ3n) is 6.70. The first-order chi connectivity index (χ1) is 19.9. The largest absolute Gasteiger partial charge is 0.352 e. The summed E-state index contributed by atoms with van der Waals surface area (Å²) in [4.78, 5) is 39.3. The number of non-ortho nitro benzene ring substituents is 1. The number of hydrogen-bond donors (Lipinski definition) is 1. The summed E-state index contributed by atoms with van der Waals surface area (Å²) in [6.45, 7) is 4.72. The van der Waals surface area contributed by atoms with Crippen molar-refractivity contribution in [3.05, 3.63) is 98.5 Å². The van der Waals surface area contributed by atoms with E-state index in [1.165, 1.54) is 35.2 Å². The molecule has 2 amide bonds. The predicted molar refractivity (Wildman–Crippen MR) is 163 cm³/mol. The smallest absolute Gasteiger partial charge is 0.269 e. The van der Waals surface area contributed by atoms with Crippen LogP contribution >= 0.6 is 23.2 Å². The first-order valence-electron chi connectivity index (χ1n) is 13.2. The molecule has 10 nitrogen and oxygen atoms in total. The van der Waals surface area contributed by atoms with Gasteiger partial charge >= 0.3 is 0 Å². The molecule has 0 unspecified atom stereocenters. The van der Waals surface area contributed by atoms with Crippen LogP contribution in [0, 0.1) is 10.1 Å². The van der Waals surface area contributed by atoms with E-state index in [-0.39, 0.29) is 40.3 Å². The van der Waals surface area contributed by atoms with Crippen LogP contribution in [-0.2, 0) is 26.2 Å². The molecule has 0 aliphatic carbocycles. The summed E-state index contributed by atoms with van der Waals surface area (Å²) in [6, 6.07) is 16.0. The van der Waals surface area contributed by atoms with E-state index in [4.69, 9.17) is 23.2 Å². The molecule has 0 heterocycles. The van der Waals surface area contributed by atoms with Gasteiger partial charge in [0.1, 0.15) is 12.6 Å². The van der Waals surface area contributed by atoms with Crippen LogP contribution in [0.25, 0.3) is 0 Å². The normalized spacial score (nSPS) is 12.7. The number of anilines is 1. The molecule has 0 saturated heterocycles. The summed E-state index contributed by atoms with van der Waals surface area (Å²) in [5, 5.41) is 14.8. The minimum atomic E-state index is -4.31. The zero-order chi connectivity index (χ0) is 31.0. The van der Waals surface area contributed by atoms with Crippen LogP contribution in [0.4, 0.5) is 11.4 Å². The Hall–Kier alpha value is -3.67. The summed E-state index contributed by atoms with van der Waals surface area (Å²) in [5.74, 6) is -1.07. The van der Waals surface area contributed by atoms with E-state index >= 15 is 0 Å². The second-order valence-corrected chi connectivity index (χ2v) is 12.3. The highest BCUT2D eigenvalue weighted by atomic mass is 35.5. The topological polar surface area (TPSA) is 130 Å². The Kier molecular flexibility index (Phi) is 11.3. The molecule has 3 rings (SSSR count). The molecule has 13 heteroatoms. The van der Waals surface area contributed by atoms with Crippen molar-refractivity contribution in [1.82, 2.24) is 10.2 Å². The van der Waals surface area contributed by atoms with Gasteiger partial charge in [-0.05, 0) is 61.7 Å². The number of hydrogen-bond acceptors (Lipinski definition) is 6. The Balaban J connectivity index is 2.09. The molecule has 42 heavy (non-hydrogen) atoms. The van der Waals surface area contributed by atoms with Gasteiger partial charge in [-0.25, -0.2) is 8.42 Å². The summed E-state index contributed by atoms with van der Waals surface area (Å²) in [5.41, 5.74) is 0.310. The third kappa shape index (κ3) is 7.99. The quantitative estimate of drug-likeness (QED) is 0.186. The maximum Gasteiger partial charge on any atom is 0.269 e. The van der Waals surface area contributed by atoms with Gasteiger partial charge in [-0.15, -0.1) is 0 Å². The number of nitro groups is 1. The monoisotopic (exact) mass is 634 g/mol. The van der Waals surface area contributed by atoms with E-state index in [1.54, 1.807) is 37.3 Å². The zero-order valence-electron chi connectivity index (χ0n) is 23.4. The SMILES string of the molecule is CC[C@@H](C)NC(=O)[C@H](CC)N(Cc1ccc(Cl)cc1Cl)C(=O)CN(c1ccc([N+](=O)[O-])cc1)S(=O)(=O)c1ccccc1. The third-order valence-corrected chi connectivity index (χ3v) is 9.08. The second-order valence-electron chi connectivity index (χ2n) is 9.60. The number of nitrogens with zero attached hydrogens (tertiary/aromatic N) is 3. The lowest BCUT2D eigenvalue weighted by molar-refractivity contribution is -0.384. The Labute approximate surface area is 255 Å². The Bertz CT molecular complexity index is 1520. The van der Waals surface area contributed by atoms with Crippen LogP contribution in [0.1, 0.15) is 39.2 Å². The highest BCUT2D eigenvalue weighted by Crippen LogP contribution is 2.28. The maximum atomic E-state index is 14.1. The van der Waals surface area contributed by atoms with Gasteiger partial charge in [-0.1, -0.05) is 61.3 Å². The fourth-order valence-corrected chi connectivity index (χ4v) is 6.09. The Morgan fingerprint density at radius 1 is 0.976 bits per heavy atom. The molecule has 2 atom stereocenters. The fourth-order valence-electron chi connectivity index (χ4n) is 4.18. The van der Waals surface area contributed by atoms with E-state index in [0.29, 0.717) is 17.0 Å². The summed E-state index contributed by atoms with van der Waals surface area (Å²) < 4.78 is 28.5. The number of nitro benzene ring substituents is 1. The second kappa shape index (κ2) is 14.5. The van der Waals surface area contributed by atoms with Crippen molar-refractivity contribution in [2.45, 2.75) is 57.1 Å². The number of sulfonamides is 1. The van der Waals surface area contributed by atoms with Crippen molar-refractivity contribution in [3.8, 4) is 0 Å². The van der Waals surface area contributed by atoms with E-state index in [0.717, 1.165) is 16.4 Å². The van der Waals surface area contributed by atoms with Crippen LogP contribution in [0.5, 0.6) is 0 Å². The van der Waals surface area contributed by atoms with Crippen molar-refractivity contribution >= 4 is 56.4 Å². The fraction of sp³-hybridized carbons (Fsp3) is 0.310. The van der Waals surface area contributed by atoms with E-state index in [2.05, 4.69) is 5.32 Å². The van der Waals surface area contributed by atoms with Crippen LogP contribution in [0.15, 0.2) is 77.7 Å².